The maximum absolute atomic E-state index is 12.5. The number of carbonyl (C=O) groups excluding carboxylic acids is 1. The van der Waals surface area contributed by atoms with Crippen molar-refractivity contribution in [1.82, 2.24) is 4.90 Å². The minimum atomic E-state index is -0.983. The first-order valence-corrected chi connectivity index (χ1v) is 7.34. The lowest BCUT2D eigenvalue weighted by Gasteiger charge is -2.39. The third-order valence-corrected chi connectivity index (χ3v) is 4.23. The van der Waals surface area contributed by atoms with E-state index in [2.05, 4.69) is 19.2 Å². The molecule has 1 fully saturated rings. The summed E-state index contributed by atoms with van der Waals surface area (Å²) in [5, 5.41) is 12.0. The number of piperidine rings is 1. The number of benzene rings is 1. The topological polar surface area (TPSA) is 69.6 Å². The zero-order valence-corrected chi connectivity index (χ0v) is 12.7. The van der Waals surface area contributed by atoms with Crippen LogP contribution in [0.2, 0.25) is 0 Å². The molecule has 0 saturated carbocycles. The molecule has 2 rings (SSSR count). The molecular formula is C16H22N2O3. The number of carboxylic acids is 1. The van der Waals surface area contributed by atoms with E-state index in [4.69, 9.17) is 5.11 Å². The standard InChI is InChI=1S/C16H22N2O3/c1-10-6-4-7-11(2)18(10)16(21)17-14-9-5-8-13(12(14)3)15(19)20/h5,8-11H,4,6-7H2,1-3H3,(H,17,21)(H,19,20). The molecule has 2 amide bonds. The Labute approximate surface area is 125 Å². The highest BCUT2D eigenvalue weighted by atomic mass is 16.4. The maximum atomic E-state index is 12.5. The minimum absolute atomic E-state index is 0.152. The van der Waals surface area contributed by atoms with Crippen molar-refractivity contribution >= 4 is 17.7 Å². The number of anilines is 1. The number of urea groups is 1. The molecule has 0 aromatic heterocycles. The molecule has 1 aliphatic rings. The molecule has 5 heteroatoms. The Morgan fingerprint density at radius 2 is 1.86 bits per heavy atom. The van der Waals surface area contributed by atoms with Crippen LogP contribution in [0.4, 0.5) is 10.5 Å². The van der Waals surface area contributed by atoms with Crippen LogP contribution in [0.5, 0.6) is 0 Å². The lowest BCUT2D eigenvalue weighted by molar-refractivity contribution is 0.0696. The number of nitrogens with zero attached hydrogens (tertiary/aromatic N) is 1. The van der Waals surface area contributed by atoms with Crippen molar-refractivity contribution in [3.05, 3.63) is 29.3 Å². The fourth-order valence-corrected chi connectivity index (χ4v) is 3.00. The van der Waals surface area contributed by atoms with E-state index in [-0.39, 0.29) is 23.7 Å². The second-order valence-electron chi connectivity index (χ2n) is 5.75. The molecule has 2 unspecified atom stereocenters. The van der Waals surface area contributed by atoms with Crippen molar-refractivity contribution < 1.29 is 14.7 Å². The van der Waals surface area contributed by atoms with Gasteiger partial charge in [0.15, 0.2) is 0 Å². The zero-order chi connectivity index (χ0) is 15.6. The maximum Gasteiger partial charge on any atom is 0.336 e. The fraction of sp³-hybridized carbons (Fsp3) is 0.500. The van der Waals surface area contributed by atoms with Crippen LogP contribution in [0.25, 0.3) is 0 Å². The van der Waals surface area contributed by atoms with E-state index in [0.717, 1.165) is 19.3 Å². The molecule has 5 nitrogen and oxygen atoms in total. The average Bonchev–Trinajstić information content (AvgIpc) is 2.40. The number of carbonyl (C=O) groups is 2. The molecule has 114 valence electrons. The quantitative estimate of drug-likeness (QED) is 0.876. The normalized spacial score (nSPS) is 22.0. The van der Waals surface area contributed by atoms with Gasteiger partial charge in [-0.15, -0.1) is 0 Å². The van der Waals surface area contributed by atoms with Crippen molar-refractivity contribution in [3.63, 3.8) is 0 Å². The Morgan fingerprint density at radius 3 is 2.43 bits per heavy atom. The summed E-state index contributed by atoms with van der Waals surface area (Å²) in [6.07, 6.45) is 3.15. The number of rotatable bonds is 2. The van der Waals surface area contributed by atoms with Gasteiger partial charge in [0.25, 0.3) is 0 Å². The van der Waals surface area contributed by atoms with Crippen LogP contribution in [0.3, 0.4) is 0 Å². The number of nitrogens with one attached hydrogen (secondary N) is 1. The summed E-state index contributed by atoms with van der Waals surface area (Å²) in [6.45, 7) is 5.81. The fourth-order valence-electron chi connectivity index (χ4n) is 3.00. The van der Waals surface area contributed by atoms with Crippen LogP contribution in [-0.4, -0.2) is 34.1 Å². The summed E-state index contributed by atoms with van der Waals surface area (Å²) in [6, 6.07) is 5.18. The van der Waals surface area contributed by atoms with Gasteiger partial charge in [-0.25, -0.2) is 9.59 Å². The molecular weight excluding hydrogens is 268 g/mol. The molecule has 1 heterocycles. The smallest absolute Gasteiger partial charge is 0.336 e. The van der Waals surface area contributed by atoms with Crippen molar-refractivity contribution in [2.45, 2.75) is 52.1 Å². The molecule has 0 bridgehead atoms. The van der Waals surface area contributed by atoms with Gasteiger partial charge >= 0.3 is 12.0 Å². The average molecular weight is 290 g/mol. The molecule has 0 spiro atoms. The Balaban J connectivity index is 2.20. The summed E-state index contributed by atoms with van der Waals surface area (Å²) in [5.41, 5.74) is 1.35. The van der Waals surface area contributed by atoms with Crippen molar-refractivity contribution in [1.29, 1.82) is 0 Å². The van der Waals surface area contributed by atoms with Crippen LogP contribution in [-0.2, 0) is 0 Å². The monoisotopic (exact) mass is 290 g/mol. The highest BCUT2D eigenvalue weighted by molar-refractivity contribution is 5.95. The van der Waals surface area contributed by atoms with Crippen LogP contribution in [0.15, 0.2) is 18.2 Å². The first-order valence-electron chi connectivity index (χ1n) is 7.34. The largest absolute Gasteiger partial charge is 0.478 e. The number of likely N-dealkylation sites (tertiary alicyclic amines) is 1. The van der Waals surface area contributed by atoms with Crippen molar-refractivity contribution in [2.75, 3.05) is 5.32 Å². The first-order chi connectivity index (χ1) is 9.91. The molecule has 1 aromatic rings. The molecule has 1 aromatic carbocycles. The van der Waals surface area contributed by atoms with E-state index in [1.54, 1.807) is 25.1 Å². The van der Waals surface area contributed by atoms with Crippen LogP contribution >= 0.6 is 0 Å². The number of aromatic carboxylic acids is 1. The number of hydrogen-bond donors (Lipinski definition) is 2. The number of carboxylic acid groups (broad SMARTS) is 1. The van der Waals surface area contributed by atoms with Gasteiger partial charge in [0.2, 0.25) is 0 Å². The summed E-state index contributed by atoms with van der Waals surface area (Å²) in [5.74, 6) is -0.983. The second kappa shape index (κ2) is 6.16. The minimum Gasteiger partial charge on any atom is -0.478 e. The predicted octanol–water partition coefficient (Wildman–Crippen LogP) is 3.49. The Hall–Kier alpha value is -2.04. The summed E-state index contributed by atoms with van der Waals surface area (Å²) < 4.78 is 0. The Bertz CT molecular complexity index is 546. The summed E-state index contributed by atoms with van der Waals surface area (Å²) in [4.78, 5) is 25.5. The van der Waals surface area contributed by atoms with E-state index < -0.39 is 5.97 Å². The van der Waals surface area contributed by atoms with E-state index in [1.807, 2.05) is 4.90 Å². The molecule has 1 aliphatic heterocycles. The molecule has 0 radical (unpaired) electrons. The summed E-state index contributed by atoms with van der Waals surface area (Å²) in [7, 11) is 0. The highest BCUT2D eigenvalue weighted by Gasteiger charge is 2.29. The lowest BCUT2D eigenvalue weighted by atomic mass is 9.98. The van der Waals surface area contributed by atoms with Gasteiger partial charge in [-0.05, 0) is 57.7 Å². The third-order valence-electron chi connectivity index (χ3n) is 4.23. The van der Waals surface area contributed by atoms with Crippen LogP contribution in [0, 0.1) is 6.92 Å². The van der Waals surface area contributed by atoms with Gasteiger partial charge in [0.1, 0.15) is 0 Å². The number of amides is 2. The van der Waals surface area contributed by atoms with Gasteiger partial charge in [-0.3, -0.25) is 0 Å². The molecule has 21 heavy (non-hydrogen) atoms. The Kier molecular flexibility index (Phi) is 4.50. The third kappa shape index (κ3) is 3.17. The van der Waals surface area contributed by atoms with Gasteiger partial charge in [0, 0.05) is 17.8 Å². The SMILES string of the molecule is Cc1c(NC(=O)N2C(C)CCCC2C)cccc1C(=O)O. The van der Waals surface area contributed by atoms with E-state index >= 15 is 0 Å². The number of hydrogen-bond acceptors (Lipinski definition) is 2. The Morgan fingerprint density at radius 1 is 1.24 bits per heavy atom. The molecule has 0 aliphatic carbocycles. The van der Waals surface area contributed by atoms with Gasteiger partial charge in [-0.1, -0.05) is 6.07 Å². The van der Waals surface area contributed by atoms with E-state index in [9.17, 15) is 9.59 Å². The van der Waals surface area contributed by atoms with Gasteiger partial charge < -0.3 is 15.3 Å². The van der Waals surface area contributed by atoms with Gasteiger partial charge in [-0.2, -0.15) is 0 Å². The van der Waals surface area contributed by atoms with E-state index in [1.165, 1.54) is 0 Å². The van der Waals surface area contributed by atoms with Crippen molar-refractivity contribution in [3.8, 4) is 0 Å². The van der Waals surface area contributed by atoms with Gasteiger partial charge in [0.05, 0.1) is 5.56 Å². The predicted molar refractivity (Wildman–Crippen MR) is 81.8 cm³/mol. The van der Waals surface area contributed by atoms with Crippen LogP contribution < -0.4 is 5.32 Å². The van der Waals surface area contributed by atoms with Crippen molar-refractivity contribution in [2.24, 2.45) is 0 Å². The highest BCUT2D eigenvalue weighted by Crippen LogP contribution is 2.25. The molecule has 1 saturated heterocycles. The van der Waals surface area contributed by atoms with Crippen LogP contribution in [0.1, 0.15) is 49.0 Å². The zero-order valence-electron chi connectivity index (χ0n) is 12.7. The molecule has 2 atom stereocenters. The summed E-state index contributed by atoms with van der Waals surface area (Å²) >= 11 is 0. The second-order valence-corrected chi connectivity index (χ2v) is 5.75. The molecule has 2 N–H and O–H groups in total. The van der Waals surface area contributed by atoms with E-state index in [0.29, 0.717) is 11.3 Å². The first kappa shape index (κ1) is 15.4. The lowest BCUT2D eigenvalue weighted by Crippen LogP contribution is -2.49.